The van der Waals surface area contributed by atoms with Gasteiger partial charge in [0.05, 0.1) is 6.61 Å². The molecule has 0 aromatic heterocycles. The molecule has 0 saturated carbocycles. The van der Waals surface area contributed by atoms with Gasteiger partial charge < -0.3 is 19.3 Å². The van der Waals surface area contributed by atoms with Crippen LogP contribution in [0.15, 0.2) is 35.2 Å². The maximum atomic E-state index is 10.4. The quantitative estimate of drug-likeness (QED) is 0.899. The molecule has 0 aliphatic carbocycles. The second kappa shape index (κ2) is 5.07. The Hall–Kier alpha value is -0.590. The minimum absolute atomic E-state index is 0.183. The molecule has 0 unspecified atom stereocenters. The lowest BCUT2D eigenvalue weighted by molar-refractivity contribution is -0.153. The summed E-state index contributed by atoms with van der Waals surface area (Å²) < 4.78 is 17.2. The molecule has 0 amide bonds. The fourth-order valence-corrected chi connectivity index (χ4v) is 3.48. The van der Waals surface area contributed by atoms with Gasteiger partial charge in [-0.05, 0) is 26.0 Å². The van der Waals surface area contributed by atoms with Gasteiger partial charge in [0.2, 0.25) is 0 Å². The molecule has 2 fully saturated rings. The summed E-state index contributed by atoms with van der Waals surface area (Å²) in [6.07, 6.45) is -1.19. The van der Waals surface area contributed by atoms with Crippen LogP contribution in [-0.2, 0) is 14.2 Å². The Morgan fingerprint density at radius 2 is 1.95 bits per heavy atom. The second-order valence-electron chi connectivity index (χ2n) is 5.26. The average molecular weight is 282 g/mol. The Kier molecular flexibility index (Phi) is 3.57. The summed E-state index contributed by atoms with van der Waals surface area (Å²) >= 11 is 1.51. The van der Waals surface area contributed by atoms with Crippen LogP contribution in [0.25, 0.3) is 0 Å². The van der Waals surface area contributed by atoms with Crippen molar-refractivity contribution in [2.75, 3.05) is 6.61 Å². The van der Waals surface area contributed by atoms with E-state index in [1.807, 2.05) is 44.2 Å². The summed E-state index contributed by atoms with van der Waals surface area (Å²) in [5.74, 6) is -0.647. The summed E-state index contributed by atoms with van der Waals surface area (Å²) in [5, 5.41) is 10.4. The first-order valence-electron chi connectivity index (χ1n) is 6.42. The molecule has 104 valence electrons. The van der Waals surface area contributed by atoms with E-state index in [2.05, 4.69) is 0 Å². The van der Waals surface area contributed by atoms with Gasteiger partial charge in [0.25, 0.3) is 0 Å². The third kappa shape index (κ3) is 2.80. The third-order valence-electron chi connectivity index (χ3n) is 3.26. The maximum Gasteiger partial charge on any atom is 0.164 e. The van der Waals surface area contributed by atoms with Crippen molar-refractivity contribution in [3.63, 3.8) is 0 Å². The predicted octanol–water partition coefficient (Wildman–Crippen LogP) is 2.02. The number of rotatable bonds is 2. The van der Waals surface area contributed by atoms with Gasteiger partial charge in [0.15, 0.2) is 5.79 Å². The topological polar surface area (TPSA) is 47.9 Å². The number of benzene rings is 1. The zero-order chi connectivity index (χ0) is 13.5. The van der Waals surface area contributed by atoms with Crippen LogP contribution in [-0.4, -0.2) is 41.2 Å². The van der Waals surface area contributed by atoms with Gasteiger partial charge in [-0.15, -0.1) is 0 Å². The van der Waals surface area contributed by atoms with Crippen molar-refractivity contribution < 1.29 is 19.3 Å². The van der Waals surface area contributed by atoms with Gasteiger partial charge in [0, 0.05) is 4.90 Å². The first-order chi connectivity index (χ1) is 9.05. The van der Waals surface area contributed by atoms with E-state index in [-0.39, 0.29) is 17.6 Å². The van der Waals surface area contributed by atoms with Crippen LogP contribution >= 0.6 is 11.8 Å². The van der Waals surface area contributed by atoms with E-state index in [1.54, 1.807) is 0 Å². The molecular formula is C14H18O4S. The summed E-state index contributed by atoms with van der Waals surface area (Å²) in [4.78, 5) is 1.07. The van der Waals surface area contributed by atoms with Gasteiger partial charge in [0.1, 0.15) is 23.7 Å². The van der Waals surface area contributed by atoms with Crippen molar-refractivity contribution in [1.29, 1.82) is 0 Å². The van der Waals surface area contributed by atoms with E-state index >= 15 is 0 Å². The van der Waals surface area contributed by atoms with Crippen molar-refractivity contribution in [3.05, 3.63) is 30.3 Å². The van der Waals surface area contributed by atoms with E-state index < -0.39 is 11.9 Å². The SMILES string of the molecule is CC1(C)O[C@@H]2[C@@H](O)[C@H](Sc3ccccc3)OC[C@@H]2O1. The lowest BCUT2D eigenvalue weighted by Crippen LogP contribution is -2.50. The molecule has 19 heavy (non-hydrogen) atoms. The molecule has 2 aliphatic heterocycles. The zero-order valence-electron chi connectivity index (χ0n) is 11.0. The van der Waals surface area contributed by atoms with E-state index in [0.29, 0.717) is 6.61 Å². The largest absolute Gasteiger partial charge is 0.387 e. The Morgan fingerprint density at radius 1 is 1.21 bits per heavy atom. The highest BCUT2D eigenvalue weighted by molar-refractivity contribution is 7.99. The Bertz CT molecular complexity index is 436. The average Bonchev–Trinajstić information content (AvgIpc) is 2.70. The van der Waals surface area contributed by atoms with Crippen molar-refractivity contribution in [3.8, 4) is 0 Å². The van der Waals surface area contributed by atoms with Gasteiger partial charge >= 0.3 is 0 Å². The van der Waals surface area contributed by atoms with E-state index in [1.165, 1.54) is 11.8 Å². The van der Waals surface area contributed by atoms with Crippen molar-refractivity contribution in [2.45, 2.75) is 48.3 Å². The number of fused-ring (bicyclic) bond motifs is 1. The maximum absolute atomic E-state index is 10.4. The number of thioether (sulfide) groups is 1. The molecule has 0 radical (unpaired) electrons. The molecule has 0 bridgehead atoms. The van der Waals surface area contributed by atoms with Crippen LogP contribution in [0.5, 0.6) is 0 Å². The molecule has 2 heterocycles. The lowest BCUT2D eigenvalue weighted by Gasteiger charge is -2.34. The number of ether oxygens (including phenoxy) is 3. The highest BCUT2D eigenvalue weighted by Gasteiger charge is 2.50. The Balaban J connectivity index is 1.69. The fourth-order valence-electron chi connectivity index (χ4n) is 2.46. The lowest BCUT2D eigenvalue weighted by atomic mass is 10.1. The van der Waals surface area contributed by atoms with E-state index in [9.17, 15) is 5.11 Å². The van der Waals surface area contributed by atoms with Crippen LogP contribution in [0.1, 0.15) is 13.8 Å². The first kappa shape index (κ1) is 13.4. The Morgan fingerprint density at radius 3 is 2.68 bits per heavy atom. The molecule has 4 atom stereocenters. The first-order valence-corrected chi connectivity index (χ1v) is 7.30. The summed E-state index contributed by atoms with van der Waals surface area (Å²) in [7, 11) is 0. The number of aliphatic hydroxyl groups is 1. The van der Waals surface area contributed by atoms with E-state index in [0.717, 1.165) is 4.90 Å². The number of aliphatic hydroxyl groups excluding tert-OH is 1. The highest BCUT2D eigenvalue weighted by Crippen LogP contribution is 2.38. The fraction of sp³-hybridized carbons (Fsp3) is 0.571. The highest BCUT2D eigenvalue weighted by atomic mass is 32.2. The molecule has 1 aromatic rings. The van der Waals surface area contributed by atoms with Crippen LogP contribution < -0.4 is 0 Å². The van der Waals surface area contributed by atoms with Gasteiger partial charge in [-0.3, -0.25) is 0 Å². The Labute approximate surface area is 117 Å². The molecule has 2 saturated heterocycles. The molecule has 5 heteroatoms. The standard InChI is InChI=1S/C14H18O4S/c1-14(2)17-10-8-16-13(11(15)12(10)18-14)19-9-6-4-3-5-7-9/h3-7,10-13,15H,8H2,1-2H3/t10-,11+,12-,13-/m0/s1. The van der Waals surface area contributed by atoms with Crippen LogP contribution in [0.3, 0.4) is 0 Å². The number of hydrogen-bond acceptors (Lipinski definition) is 5. The van der Waals surface area contributed by atoms with Crippen molar-refractivity contribution in [1.82, 2.24) is 0 Å². The van der Waals surface area contributed by atoms with Gasteiger partial charge in [-0.1, -0.05) is 30.0 Å². The van der Waals surface area contributed by atoms with Crippen molar-refractivity contribution >= 4 is 11.8 Å². The summed E-state index contributed by atoms with van der Waals surface area (Å²) in [6.45, 7) is 4.17. The smallest absolute Gasteiger partial charge is 0.164 e. The summed E-state index contributed by atoms with van der Waals surface area (Å²) in [6, 6.07) is 9.91. The monoisotopic (exact) mass is 282 g/mol. The predicted molar refractivity (Wildman–Crippen MR) is 71.9 cm³/mol. The molecule has 1 aromatic carbocycles. The van der Waals surface area contributed by atoms with Crippen molar-refractivity contribution in [2.24, 2.45) is 0 Å². The van der Waals surface area contributed by atoms with Gasteiger partial charge in [-0.2, -0.15) is 0 Å². The van der Waals surface area contributed by atoms with Gasteiger partial charge in [-0.25, -0.2) is 0 Å². The molecule has 2 aliphatic rings. The molecule has 4 nitrogen and oxygen atoms in total. The minimum Gasteiger partial charge on any atom is -0.387 e. The van der Waals surface area contributed by atoms with Crippen LogP contribution in [0.4, 0.5) is 0 Å². The summed E-state index contributed by atoms with van der Waals surface area (Å²) in [5.41, 5.74) is -0.318. The second-order valence-corrected chi connectivity index (χ2v) is 6.43. The van der Waals surface area contributed by atoms with Crippen LogP contribution in [0.2, 0.25) is 0 Å². The normalized spacial score (nSPS) is 37.0. The molecule has 0 spiro atoms. The third-order valence-corrected chi connectivity index (χ3v) is 4.45. The molecule has 3 rings (SSSR count). The number of hydrogen-bond donors (Lipinski definition) is 1. The minimum atomic E-state index is -0.689. The zero-order valence-corrected chi connectivity index (χ0v) is 11.8. The molecule has 1 N–H and O–H groups in total. The molecular weight excluding hydrogens is 264 g/mol. The van der Waals surface area contributed by atoms with E-state index in [4.69, 9.17) is 14.2 Å². The van der Waals surface area contributed by atoms with Crippen LogP contribution in [0, 0.1) is 0 Å².